The summed E-state index contributed by atoms with van der Waals surface area (Å²) < 4.78 is 27.5. The van der Waals surface area contributed by atoms with Crippen molar-refractivity contribution in [1.29, 1.82) is 0 Å². The second-order valence-electron chi connectivity index (χ2n) is 6.48. The lowest BCUT2D eigenvalue weighted by Crippen LogP contribution is -2.35. The minimum atomic E-state index is -3.37. The summed E-state index contributed by atoms with van der Waals surface area (Å²) in [6.07, 6.45) is 0. The maximum Gasteiger partial charge on any atom is 0.215 e. The van der Waals surface area contributed by atoms with Gasteiger partial charge in [-0.1, -0.05) is 59.7 Å². The zero-order valence-electron chi connectivity index (χ0n) is 14.8. The van der Waals surface area contributed by atoms with Gasteiger partial charge in [-0.15, -0.1) is 0 Å². The number of nitrogens with one attached hydrogen (secondary N) is 1. The van der Waals surface area contributed by atoms with Crippen LogP contribution in [-0.4, -0.2) is 34.0 Å². The predicted octanol–water partition coefficient (Wildman–Crippen LogP) is 3.03. The Morgan fingerprint density at radius 2 is 1.42 bits per heavy atom. The molecule has 24 heavy (non-hydrogen) atoms. The van der Waals surface area contributed by atoms with Gasteiger partial charge in [-0.2, -0.15) is 0 Å². The standard InChI is InChI=1S/C19H26N2O2S/c1-15-5-9-17(10-6-15)14-24(22,23)20-13-19(21(3)4)18-11-7-16(2)8-12-18/h5-12,19-20H,13-14H2,1-4H3. The minimum Gasteiger partial charge on any atom is -0.301 e. The van der Waals surface area contributed by atoms with E-state index < -0.39 is 10.0 Å². The highest BCUT2D eigenvalue weighted by atomic mass is 32.2. The van der Waals surface area contributed by atoms with Crippen molar-refractivity contribution in [1.82, 2.24) is 9.62 Å². The van der Waals surface area contributed by atoms with Crippen LogP contribution in [0.4, 0.5) is 0 Å². The van der Waals surface area contributed by atoms with Gasteiger partial charge in [0.1, 0.15) is 0 Å². The smallest absolute Gasteiger partial charge is 0.215 e. The van der Waals surface area contributed by atoms with E-state index in [9.17, 15) is 8.42 Å². The number of aryl methyl sites for hydroxylation is 2. The summed E-state index contributed by atoms with van der Waals surface area (Å²) in [5, 5.41) is 0. The van der Waals surface area contributed by atoms with Crippen LogP contribution in [0.5, 0.6) is 0 Å². The zero-order valence-corrected chi connectivity index (χ0v) is 15.6. The molecule has 0 aromatic heterocycles. The topological polar surface area (TPSA) is 49.4 Å². The Labute approximate surface area is 145 Å². The molecule has 1 N–H and O–H groups in total. The van der Waals surface area contributed by atoms with Crippen LogP contribution < -0.4 is 4.72 Å². The summed E-state index contributed by atoms with van der Waals surface area (Å²) in [5.41, 5.74) is 4.21. The fourth-order valence-electron chi connectivity index (χ4n) is 2.55. The summed E-state index contributed by atoms with van der Waals surface area (Å²) in [5.74, 6) is 0.00132. The third kappa shape index (κ3) is 5.44. The number of nitrogens with zero attached hydrogens (tertiary/aromatic N) is 1. The van der Waals surface area contributed by atoms with E-state index in [1.54, 1.807) is 0 Å². The average Bonchev–Trinajstić information content (AvgIpc) is 2.51. The van der Waals surface area contributed by atoms with Gasteiger partial charge >= 0.3 is 0 Å². The highest BCUT2D eigenvalue weighted by Crippen LogP contribution is 2.18. The van der Waals surface area contributed by atoms with Gasteiger partial charge in [0.05, 0.1) is 5.75 Å². The molecule has 0 saturated heterocycles. The summed E-state index contributed by atoms with van der Waals surface area (Å²) >= 11 is 0. The fourth-order valence-corrected chi connectivity index (χ4v) is 3.69. The third-order valence-corrected chi connectivity index (χ3v) is 5.38. The molecule has 2 aromatic rings. The van der Waals surface area contributed by atoms with Gasteiger partial charge in [-0.25, -0.2) is 13.1 Å². The number of sulfonamides is 1. The lowest BCUT2D eigenvalue weighted by atomic mass is 10.0. The Morgan fingerprint density at radius 1 is 0.917 bits per heavy atom. The van der Waals surface area contributed by atoms with E-state index in [0.717, 1.165) is 16.7 Å². The highest BCUT2D eigenvalue weighted by molar-refractivity contribution is 7.88. The summed E-state index contributed by atoms with van der Waals surface area (Å²) in [6.45, 7) is 4.38. The molecule has 5 heteroatoms. The van der Waals surface area contributed by atoms with Crippen molar-refractivity contribution in [2.24, 2.45) is 0 Å². The van der Waals surface area contributed by atoms with E-state index in [1.165, 1.54) is 5.56 Å². The molecule has 0 bridgehead atoms. The molecule has 0 saturated carbocycles. The first kappa shape index (κ1) is 18.6. The second kappa shape index (κ2) is 7.92. The Morgan fingerprint density at radius 3 is 1.92 bits per heavy atom. The van der Waals surface area contributed by atoms with Crippen molar-refractivity contribution in [3.05, 3.63) is 70.8 Å². The molecule has 0 heterocycles. The van der Waals surface area contributed by atoms with Crippen LogP contribution in [0, 0.1) is 13.8 Å². The monoisotopic (exact) mass is 346 g/mol. The van der Waals surface area contributed by atoms with E-state index in [-0.39, 0.29) is 11.8 Å². The molecule has 4 nitrogen and oxygen atoms in total. The van der Waals surface area contributed by atoms with Crippen LogP contribution in [0.2, 0.25) is 0 Å². The summed E-state index contributed by atoms with van der Waals surface area (Å²) in [6, 6.07) is 15.8. The highest BCUT2D eigenvalue weighted by Gasteiger charge is 2.18. The summed E-state index contributed by atoms with van der Waals surface area (Å²) in [4.78, 5) is 2.03. The first-order valence-electron chi connectivity index (χ1n) is 8.03. The number of hydrogen-bond donors (Lipinski definition) is 1. The molecule has 2 rings (SSSR count). The molecule has 130 valence electrons. The number of rotatable bonds is 7. The molecule has 0 amide bonds. The maximum atomic E-state index is 12.4. The SMILES string of the molecule is Cc1ccc(CS(=O)(=O)NCC(c2ccc(C)cc2)N(C)C)cc1. The van der Waals surface area contributed by atoms with Crippen molar-refractivity contribution >= 4 is 10.0 Å². The average molecular weight is 346 g/mol. The van der Waals surface area contributed by atoms with E-state index in [1.807, 2.05) is 81.4 Å². The minimum absolute atomic E-state index is 0.00132. The molecule has 0 radical (unpaired) electrons. The maximum absolute atomic E-state index is 12.4. The zero-order chi connectivity index (χ0) is 17.7. The quantitative estimate of drug-likeness (QED) is 0.838. The van der Waals surface area contributed by atoms with Gasteiger partial charge < -0.3 is 4.90 Å². The Kier molecular flexibility index (Phi) is 6.15. The second-order valence-corrected chi connectivity index (χ2v) is 8.29. The molecule has 2 aromatic carbocycles. The molecule has 0 fully saturated rings. The molecule has 1 atom stereocenters. The van der Waals surface area contributed by atoms with Crippen LogP contribution in [0.1, 0.15) is 28.3 Å². The van der Waals surface area contributed by atoms with Crippen LogP contribution in [0.3, 0.4) is 0 Å². The van der Waals surface area contributed by atoms with Crippen LogP contribution in [-0.2, 0) is 15.8 Å². The van der Waals surface area contributed by atoms with Gasteiger partial charge in [0, 0.05) is 12.6 Å². The van der Waals surface area contributed by atoms with Crippen molar-refractivity contribution in [2.45, 2.75) is 25.6 Å². The van der Waals surface area contributed by atoms with Crippen LogP contribution in [0.25, 0.3) is 0 Å². The number of likely N-dealkylation sites (N-methyl/N-ethyl adjacent to an activating group) is 1. The van der Waals surface area contributed by atoms with Crippen molar-refractivity contribution in [3.63, 3.8) is 0 Å². The van der Waals surface area contributed by atoms with Gasteiger partial charge in [-0.05, 0) is 39.1 Å². The normalized spacial score (nSPS) is 13.2. The van der Waals surface area contributed by atoms with Gasteiger partial charge in [0.2, 0.25) is 10.0 Å². The fraction of sp³-hybridized carbons (Fsp3) is 0.368. The van der Waals surface area contributed by atoms with Crippen molar-refractivity contribution < 1.29 is 8.42 Å². The van der Waals surface area contributed by atoms with Gasteiger partial charge in [0.15, 0.2) is 0 Å². The molecule has 0 spiro atoms. The predicted molar refractivity (Wildman–Crippen MR) is 99.4 cm³/mol. The number of benzene rings is 2. The molecular weight excluding hydrogens is 320 g/mol. The van der Waals surface area contributed by atoms with Crippen LogP contribution >= 0.6 is 0 Å². The molecule has 1 unspecified atom stereocenters. The van der Waals surface area contributed by atoms with Gasteiger partial charge in [-0.3, -0.25) is 0 Å². The van der Waals surface area contributed by atoms with Crippen molar-refractivity contribution in [3.8, 4) is 0 Å². The molecule has 0 aliphatic rings. The molecule has 0 aliphatic carbocycles. The first-order chi connectivity index (χ1) is 11.3. The Balaban J connectivity index is 2.05. The lowest BCUT2D eigenvalue weighted by molar-refractivity contribution is 0.299. The molecule has 0 aliphatic heterocycles. The first-order valence-corrected chi connectivity index (χ1v) is 9.68. The lowest BCUT2D eigenvalue weighted by Gasteiger charge is -2.25. The van der Waals surface area contributed by atoms with Crippen molar-refractivity contribution in [2.75, 3.05) is 20.6 Å². The largest absolute Gasteiger partial charge is 0.301 e. The third-order valence-electron chi connectivity index (χ3n) is 4.06. The van der Waals surface area contributed by atoms with E-state index >= 15 is 0 Å². The Bertz CT molecular complexity index is 751. The summed E-state index contributed by atoms with van der Waals surface area (Å²) in [7, 11) is 0.545. The van der Waals surface area contributed by atoms with Crippen LogP contribution in [0.15, 0.2) is 48.5 Å². The molecular formula is C19H26N2O2S. The van der Waals surface area contributed by atoms with Gasteiger partial charge in [0.25, 0.3) is 0 Å². The number of hydrogen-bond acceptors (Lipinski definition) is 3. The van der Waals surface area contributed by atoms with E-state index in [2.05, 4.69) is 4.72 Å². The van der Waals surface area contributed by atoms with E-state index in [4.69, 9.17) is 0 Å². The van der Waals surface area contributed by atoms with E-state index in [0.29, 0.717) is 6.54 Å². The Hall–Kier alpha value is -1.69.